The van der Waals surface area contributed by atoms with Crippen LogP contribution in [-0.4, -0.2) is 15.6 Å². The number of H-pyrrole nitrogens is 1. The molecule has 0 saturated carbocycles. The first-order valence-electron chi connectivity index (χ1n) is 3.87. The molecule has 66 valence electrons. The average molecular weight is 230 g/mol. The van der Waals surface area contributed by atoms with Crippen molar-refractivity contribution in [2.75, 3.05) is 0 Å². The van der Waals surface area contributed by atoms with Gasteiger partial charge in [0.05, 0.1) is 4.83 Å². The fourth-order valence-electron chi connectivity index (χ4n) is 1.19. The van der Waals surface area contributed by atoms with Gasteiger partial charge >= 0.3 is 0 Å². The van der Waals surface area contributed by atoms with Crippen molar-refractivity contribution in [3.63, 3.8) is 0 Å². The van der Waals surface area contributed by atoms with Crippen LogP contribution in [0.4, 0.5) is 0 Å². The monoisotopic (exact) mass is 229 g/mol. The van der Waals surface area contributed by atoms with E-state index in [2.05, 4.69) is 20.9 Å². The Bertz CT molecular complexity index is 301. The molecular formula is C9H12BrNO. The zero-order valence-corrected chi connectivity index (χ0v) is 9.03. The number of hydrogen-bond donors (Lipinski definition) is 1. The zero-order valence-electron chi connectivity index (χ0n) is 7.44. The maximum Gasteiger partial charge on any atom is 0.177 e. The minimum atomic E-state index is -0.105. The number of nitrogens with one attached hydrogen (secondary N) is 1. The highest BCUT2D eigenvalue weighted by atomic mass is 79.9. The molecule has 0 radical (unpaired) electrons. The van der Waals surface area contributed by atoms with Gasteiger partial charge in [0, 0.05) is 17.0 Å². The van der Waals surface area contributed by atoms with E-state index in [1.807, 2.05) is 26.8 Å². The molecular weight excluding hydrogens is 218 g/mol. The quantitative estimate of drug-likeness (QED) is 0.614. The molecule has 0 spiro atoms. The number of alkyl halides is 1. The molecule has 1 aromatic rings. The maximum absolute atomic E-state index is 11.5. The maximum atomic E-state index is 11.5. The lowest BCUT2D eigenvalue weighted by molar-refractivity contribution is 0.0995. The van der Waals surface area contributed by atoms with Gasteiger partial charge in [-0.15, -0.1) is 0 Å². The normalized spacial score (nSPS) is 13.0. The van der Waals surface area contributed by atoms with Crippen LogP contribution >= 0.6 is 15.9 Å². The molecule has 0 bridgehead atoms. The molecule has 1 heterocycles. The molecule has 0 fully saturated rings. The highest BCUT2D eigenvalue weighted by Crippen LogP contribution is 2.14. The number of Topliss-reactive ketones (excluding diaryl/α,β-unsaturated/α-hetero) is 1. The van der Waals surface area contributed by atoms with E-state index < -0.39 is 0 Å². The van der Waals surface area contributed by atoms with Gasteiger partial charge in [0.25, 0.3) is 0 Å². The van der Waals surface area contributed by atoms with Gasteiger partial charge in [-0.2, -0.15) is 0 Å². The van der Waals surface area contributed by atoms with Crippen LogP contribution in [-0.2, 0) is 0 Å². The number of aromatic nitrogens is 1. The highest BCUT2D eigenvalue weighted by Gasteiger charge is 2.15. The smallest absolute Gasteiger partial charge is 0.177 e. The predicted octanol–water partition coefficient (Wildman–Crippen LogP) is 2.60. The van der Waals surface area contributed by atoms with Gasteiger partial charge in [-0.25, -0.2) is 0 Å². The van der Waals surface area contributed by atoms with Crippen LogP contribution in [0.3, 0.4) is 0 Å². The molecule has 1 N–H and O–H groups in total. The molecule has 1 aromatic heterocycles. The molecule has 0 aliphatic rings. The summed E-state index contributed by atoms with van der Waals surface area (Å²) in [5.74, 6) is 0.136. The van der Waals surface area contributed by atoms with E-state index in [1.165, 1.54) is 0 Å². The third-order valence-electron chi connectivity index (χ3n) is 1.78. The largest absolute Gasteiger partial charge is 0.362 e. The minimum Gasteiger partial charge on any atom is -0.362 e. The number of carbonyl (C=O) groups excluding carboxylic acids is 1. The molecule has 2 nitrogen and oxygen atoms in total. The van der Waals surface area contributed by atoms with Crippen LogP contribution in [0.2, 0.25) is 0 Å². The summed E-state index contributed by atoms with van der Waals surface area (Å²) in [6.07, 6.45) is 0. The van der Waals surface area contributed by atoms with Gasteiger partial charge < -0.3 is 4.98 Å². The van der Waals surface area contributed by atoms with Crippen molar-refractivity contribution < 1.29 is 4.79 Å². The number of hydrogen-bond acceptors (Lipinski definition) is 1. The van der Waals surface area contributed by atoms with Crippen LogP contribution in [0.15, 0.2) is 6.07 Å². The fraction of sp³-hybridized carbons (Fsp3) is 0.444. The molecule has 0 aromatic carbocycles. The van der Waals surface area contributed by atoms with Crippen molar-refractivity contribution in [3.8, 4) is 0 Å². The molecule has 1 unspecified atom stereocenters. The lowest BCUT2D eigenvalue weighted by Gasteiger charge is -2.00. The number of halogens is 1. The number of aromatic amines is 1. The third-order valence-corrected chi connectivity index (χ3v) is 2.19. The topological polar surface area (TPSA) is 32.9 Å². The Hall–Kier alpha value is -0.570. The molecule has 0 aliphatic carbocycles. The van der Waals surface area contributed by atoms with E-state index in [4.69, 9.17) is 0 Å². The van der Waals surface area contributed by atoms with Crippen molar-refractivity contribution in [1.82, 2.24) is 4.98 Å². The molecule has 1 atom stereocenters. The Morgan fingerprint density at radius 2 is 2.17 bits per heavy atom. The summed E-state index contributed by atoms with van der Waals surface area (Å²) in [4.78, 5) is 14.5. The summed E-state index contributed by atoms with van der Waals surface area (Å²) < 4.78 is 0. The lowest BCUT2D eigenvalue weighted by atomic mass is 10.1. The molecule has 12 heavy (non-hydrogen) atoms. The van der Waals surface area contributed by atoms with Crippen molar-refractivity contribution in [3.05, 3.63) is 23.0 Å². The van der Waals surface area contributed by atoms with Crippen LogP contribution in [0, 0.1) is 13.8 Å². The van der Waals surface area contributed by atoms with Crippen molar-refractivity contribution >= 4 is 21.7 Å². The summed E-state index contributed by atoms with van der Waals surface area (Å²) >= 11 is 3.26. The Labute approximate surface area is 80.5 Å². The van der Waals surface area contributed by atoms with E-state index >= 15 is 0 Å². The van der Waals surface area contributed by atoms with Gasteiger partial charge in [-0.3, -0.25) is 4.79 Å². The second kappa shape index (κ2) is 3.44. The second-order valence-corrected chi connectivity index (χ2v) is 4.34. The Morgan fingerprint density at radius 1 is 1.58 bits per heavy atom. The first-order valence-corrected chi connectivity index (χ1v) is 4.78. The first-order chi connectivity index (χ1) is 5.52. The van der Waals surface area contributed by atoms with Crippen molar-refractivity contribution in [2.24, 2.45) is 0 Å². The zero-order chi connectivity index (χ0) is 9.30. The average Bonchev–Trinajstić information content (AvgIpc) is 2.28. The Kier molecular flexibility index (Phi) is 2.73. The molecule has 0 saturated heterocycles. The van der Waals surface area contributed by atoms with Crippen LogP contribution in [0.25, 0.3) is 0 Å². The van der Waals surface area contributed by atoms with Gasteiger partial charge in [-0.05, 0) is 26.8 Å². The minimum absolute atomic E-state index is 0.105. The molecule has 0 aliphatic heterocycles. The molecule has 1 rings (SSSR count). The second-order valence-electron chi connectivity index (χ2n) is 2.97. The Balaban J connectivity index is 3.02. The van der Waals surface area contributed by atoms with Crippen LogP contribution in [0.1, 0.15) is 28.7 Å². The summed E-state index contributed by atoms with van der Waals surface area (Å²) in [6.45, 7) is 5.70. The van der Waals surface area contributed by atoms with Gasteiger partial charge in [0.15, 0.2) is 5.78 Å². The Morgan fingerprint density at radius 3 is 2.50 bits per heavy atom. The van der Waals surface area contributed by atoms with Crippen molar-refractivity contribution in [1.29, 1.82) is 0 Å². The lowest BCUT2D eigenvalue weighted by Crippen LogP contribution is -2.10. The van der Waals surface area contributed by atoms with Gasteiger partial charge in [-0.1, -0.05) is 15.9 Å². The molecule has 3 heteroatoms. The SMILES string of the molecule is Cc1cc(C(=O)C(C)Br)c(C)[nH]1. The van der Waals surface area contributed by atoms with E-state index in [-0.39, 0.29) is 10.6 Å². The van der Waals surface area contributed by atoms with Gasteiger partial charge in [0.1, 0.15) is 0 Å². The number of rotatable bonds is 2. The predicted molar refractivity (Wildman–Crippen MR) is 53.0 cm³/mol. The molecule has 0 amide bonds. The third kappa shape index (κ3) is 1.78. The number of ketones is 1. The van der Waals surface area contributed by atoms with E-state index in [0.29, 0.717) is 0 Å². The summed E-state index contributed by atoms with van der Waals surface area (Å²) in [7, 11) is 0. The highest BCUT2D eigenvalue weighted by molar-refractivity contribution is 9.10. The van der Waals surface area contributed by atoms with Crippen LogP contribution in [0.5, 0.6) is 0 Å². The number of aryl methyl sites for hydroxylation is 2. The van der Waals surface area contributed by atoms with Gasteiger partial charge in [0.2, 0.25) is 0 Å². The number of carbonyl (C=O) groups is 1. The van der Waals surface area contributed by atoms with Crippen molar-refractivity contribution in [2.45, 2.75) is 25.6 Å². The van der Waals surface area contributed by atoms with E-state index in [1.54, 1.807) is 0 Å². The van der Waals surface area contributed by atoms with Crippen LogP contribution < -0.4 is 0 Å². The summed E-state index contributed by atoms with van der Waals surface area (Å²) in [5, 5.41) is 0. The summed E-state index contributed by atoms with van der Waals surface area (Å²) in [6, 6.07) is 1.88. The first kappa shape index (κ1) is 9.52. The fourth-order valence-corrected chi connectivity index (χ4v) is 1.44. The van der Waals surface area contributed by atoms with E-state index in [0.717, 1.165) is 17.0 Å². The van der Waals surface area contributed by atoms with E-state index in [9.17, 15) is 4.79 Å². The standard InChI is InChI=1S/C9H12BrNO/c1-5-4-8(7(3)11-5)9(12)6(2)10/h4,6,11H,1-3H3. The summed E-state index contributed by atoms with van der Waals surface area (Å²) in [5.41, 5.74) is 2.77.